The standard InChI is InChI=1S/C26H22N6O2.C26H27N5O3.C23H23N5O2.C23H21N5O2/c33-24-16-20(10-13-28-24)23-8-7-22(25-29-14-15-32(23)25)31-21-5-3-19(4-6-21)26(34)30-12-9-18-2-1-11-27-17-18;1-34-17-25(33)30-13-9-19(10-14-30)18-2-4-21(5-3-18)29-22-6-7-23(31-15-12-28-26(22)31)20-8-11-27-24(32)16-20;29-22-15-18(7-8-24-22)21-6-5-20(23-25-9-10-28(21)23)26-19-3-1-17(2-4-19)16-27-11-13-30-14-12-27;29-21-13-17(9-10-24-21)20-8-7-19(22-25-11-12-28(20)22)27-18-5-3-16(4-6-18)23(30)26-14-15-1-2-15/h1-8,10-11,13-17,31H,9,12H2,(H,28,33)(H,30,34);2-8,11-12,15-16,19,29H,9-10,13-14,17H2,1H3,(H,27,32);1-10,15,26H,11-14,16H2,(H,24,29);3-13,15,27H,1-2,14H2,(H,24,29)(H,26,30). The number of carbonyl (C=O) groups excluding carboxylic acids is 3. The molecule has 17 aromatic rings. The minimum Gasteiger partial charge on any atom is -0.379 e. The number of nitrogens with zero attached hydrogens (tertiary/aromatic N) is 11. The Hall–Kier alpha value is -15.9. The lowest BCUT2D eigenvalue weighted by Gasteiger charge is -2.32. The van der Waals surface area contributed by atoms with Gasteiger partial charge in [0.2, 0.25) is 28.1 Å². The lowest BCUT2D eigenvalue weighted by Crippen LogP contribution is -2.39. The first-order chi connectivity index (χ1) is 62.7. The fraction of sp³-hybridized carbons (Fsp3) is 0.184. The van der Waals surface area contributed by atoms with Gasteiger partial charge in [-0.1, -0.05) is 30.3 Å². The lowest BCUT2D eigenvalue weighted by molar-refractivity contribution is -0.136. The van der Waals surface area contributed by atoms with E-state index in [1.807, 2.05) is 169 Å². The largest absolute Gasteiger partial charge is 0.379 e. The van der Waals surface area contributed by atoms with Gasteiger partial charge in [0.15, 0.2) is 22.6 Å². The fourth-order valence-corrected chi connectivity index (χ4v) is 15.7. The minimum absolute atomic E-state index is 0.0358. The molecule has 4 aromatic carbocycles. The summed E-state index contributed by atoms with van der Waals surface area (Å²) >= 11 is 0. The Morgan fingerprint density at radius 2 is 0.820 bits per heavy atom. The number of ether oxygens (including phenoxy) is 2. The number of piperidine rings is 1. The average Bonchev–Trinajstić information content (AvgIpc) is 1.58. The van der Waals surface area contributed by atoms with E-state index in [-0.39, 0.29) is 46.6 Å². The van der Waals surface area contributed by atoms with Crippen molar-refractivity contribution in [2.45, 2.75) is 44.6 Å². The van der Waals surface area contributed by atoms with E-state index >= 15 is 0 Å². The van der Waals surface area contributed by atoms with Crippen LogP contribution < -0.4 is 54.1 Å². The molecule has 2 aliphatic heterocycles. The van der Waals surface area contributed by atoms with Gasteiger partial charge >= 0.3 is 0 Å². The Bertz CT molecular complexity index is 6980. The summed E-state index contributed by atoms with van der Waals surface area (Å²) in [7, 11) is 1.55. The molecule has 13 aromatic heterocycles. The number of likely N-dealkylation sites (tertiary alicyclic amines) is 1. The average molecular weight is 1710 g/mol. The van der Waals surface area contributed by atoms with Crippen LogP contribution in [-0.4, -0.2) is 156 Å². The number of hydrogen-bond acceptors (Lipinski definition) is 19. The van der Waals surface area contributed by atoms with Crippen LogP contribution in [0.15, 0.2) is 312 Å². The zero-order valence-corrected chi connectivity index (χ0v) is 70.1. The molecule has 2 saturated heterocycles. The molecule has 0 radical (unpaired) electrons. The molecule has 0 atom stereocenters. The van der Waals surface area contributed by atoms with Crippen molar-refractivity contribution in [1.82, 2.24) is 82.9 Å². The van der Waals surface area contributed by atoms with E-state index in [9.17, 15) is 33.6 Å². The van der Waals surface area contributed by atoms with Crippen LogP contribution in [0.5, 0.6) is 0 Å². The summed E-state index contributed by atoms with van der Waals surface area (Å²) in [6.07, 6.45) is 29.7. The monoisotopic (exact) mass is 1710 g/mol. The molecule has 30 heteroatoms. The summed E-state index contributed by atoms with van der Waals surface area (Å²) in [4.78, 5) is 120. The van der Waals surface area contributed by atoms with Gasteiger partial charge in [-0.05, 0) is 212 Å². The molecule has 10 N–H and O–H groups in total. The maximum atomic E-state index is 12.5. The van der Waals surface area contributed by atoms with Gasteiger partial charge in [-0.2, -0.15) is 0 Å². The number of morpholine rings is 1. The highest BCUT2D eigenvalue weighted by atomic mass is 16.5. The quantitative estimate of drug-likeness (QED) is 0.0269. The van der Waals surface area contributed by atoms with Gasteiger partial charge < -0.3 is 66.2 Å². The molecular formula is C98H93N21O9. The van der Waals surface area contributed by atoms with Crippen LogP contribution in [0, 0.1) is 5.92 Å². The second-order valence-corrected chi connectivity index (χ2v) is 31.2. The van der Waals surface area contributed by atoms with E-state index in [1.165, 1.54) is 24.0 Å². The molecule has 0 bridgehead atoms. The highest BCUT2D eigenvalue weighted by Crippen LogP contribution is 2.35. The summed E-state index contributed by atoms with van der Waals surface area (Å²) in [5.41, 5.74) is 21.4. The first-order valence-corrected chi connectivity index (χ1v) is 42.3. The zero-order chi connectivity index (χ0) is 87.7. The number of pyridine rings is 9. The molecule has 3 fully saturated rings. The number of aromatic nitrogens is 13. The smallest absolute Gasteiger partial charge is 0.251 e. The number of H-pyrrole nitrogens is 4. The van der Waals surface area contributed by atoms with Crippen LogP contribution in [0.2, 0.25) is 0 Å². The highest BCUT2D eigenvalue weighted by Gasteiger charge is 2.26. The molecule has 3 amide bonds. The predicted molar refractivity (Wildman–Crippen MR) is 496 cm³/mol. The van der Waals surface area contributed by atoms with Crippen molar-refractivity contribution in [2.24, 2.45) is 5.92 Å². The molecule has 0 unspecified atom stereocenters. The van der Waals surface area contributed by atoms with Gasteiger partial charge in [-0.15, -0.1) is 0 Å². The van der Waals surface area contributed by atoms with Crippen molar-refractivity contribution in [1.29, 1.82) is 0 Å². The van der Waals surface area contributed by atoms with Gasteiger partial charge in [0, 0.05) is 220 Å². The normalized spacial score (nSPS) is 13.3. The third kappa shape index (κ3) is 20.8. The Kier molecular flexibility index (Phi) is 26.2. The summed E-state index contributed by atoms with van der Waals surface area (Å²) in [6.45, 7) is 7.53. The Balaban J connectivity index is 0.000000120. The van der Waals surface area contributed by atoms with Crippen molar-refractivity contribution >= 4 is 85.8 Å². The van der Waals surface area contributed by atoms with Gasteiger partial charge in [0.1, 0.15) is 6.61 Å². The summed E-state index contributed by atoms with van der Waals surface area (Å²) in [6, 6.07) is 65.1. The Morgan fingerprint density at radius 3 is 1.20 bits per heavy atom. The molecule has 128 heavy (non-hydrogen) atoms. The number of benzene rings is 4. The van der Waals surface area contributed by atoms with Gasteiger partial charge in [0.25, 0.3) is 11.8 Å². The van der Waals surface area contributed by atoms with Crippen LogP contribution in [0.1, 0.15) is 69.0 Å². The van der Waals surface area contributed by atoms with Crippen LogP contribution in [0.3, 0.4) is 0 Å². The van der Waals surface area contributed by atoms with Gasteiger partial charge in [0.05, 0.1) is 58.7 Å². The zero-order valence-electron chi connectivity index (χ0n) is 70.1. The number of hydrogen-bond donors (Lipinski definition) is 10. The summed E-state index contributed by atoms with van der Waals surface area (Å²) < 4.78 is 18.2. The van der Waals surface area contributed by atoms with E-state index in [0.717, 1.165) is 190 Å². The number of nitrogens with one attached hydrogen (secondary N) is 10. The highest BCUT2D eigenvalue weighted by molar-refractivity contribution is 5.96. The number of anilines is 8. The topological polar surface area (TPSA) is 362 Å². The van der Waals surface area contributed by atoms with E-state index in [0.29, 0.717) is 29.5 Å². The molecule has 30 nitrogen and oxygen atoms in total. The molecule has 15 heterocycles. The molecule has 1 saturated carbocycles. The lowest BCUT2D eigenvalue weighted by atomic mass is 9.89. The summed E-state index contributed by atoms with van der Waals surface area (Å²) in [5.74, 6) is 1.02. The maximum Gasteiger partial charge on any atom is 0.251 e. The number of amides is 3. The third-order valence-corrected chi connectivity index (χ3v) is 22.5. The predicted octanol–water partition coefficient (Wildman–Crippen LogP) is 14.4. The third-order valence-electron chi connectivity index (χ3n) is 22.5. The van der Waals surface area contributed by atoms with E-state index in [2.05, 4.69) is 130 Å². The number of fused-ring (bicyclic) bond motifs is 4. The van der Waals surface area contributed by atoms with E-state index < -0.39 is 0 Å². The molecule has 0 spiro atoms. The number of imidazole rings is 4. The van der Waals surface area contributed by atoms with E-state index in [4.69, 9.17) is 9.47 Å². The number of methoxy groups -OCH3 is 1. The maximum absolute atomic E-state index is 12.5. The van der Waals surface area contributed by atoms with Gasteiger partial charge in [-0.25, -0.2) is 19.9 Å². The van der Waals surface area contributed by atoms with Crippen molar-refractivity contribution in [3.8, 4) is 45.0 Å². The fourth-order valence-electron chi connectivity index (χ4n) is 15.7. The SMILES string of the molecule is COCC(=O)N1CCC(c2ccc(Nc3ccc(-c4cc[nH]c(=O)c4)n4ccnc34)cc2)CC1.O=C(NCC1CC1)c1ccc(Nc2ccc(-c3cc[nH]c(=O)c3)n3ccnc23)cc1.O=C(NCCc1cccnc1)c1ccc(Nc2ccc(-c3cc[nH]c(=O)c3)n3ccnc23)cc1.O=c1cc(-c2ccc(Nc3ccc(CN4CCOCC4)cc3)c3nccn23)cc[nH]1. The number of rotatable bonds is 24. The van der Waals surface area contributed by atoms with Crippen LogP contribution >= 0.6 is 0 Å². The molecule has 3 aliphatic rings. The Morgan fingerprint density at radius 1 is 0.430 bits per heavy atom. The van der Waals surface area contributed by atoms with Crippen LogP contribution in [0.25, 0.3) is 67.6 Å². The second-order valence-electron chi connectivity index (χ2n) is 31.2. The molecular weight excluding hydrogens is 1620 g/mol. The van der Waals surface area contributed by atoms with Crippen LogP contribution in [0.4, 0.5) is 45.5 Å². The van der Waals surface area contributed by atoms with Crippen molar-refractivity contribution in [3.05, 3.63) is 362 Å². The molecule has 1 aliphatic carbocycles. The van der Waals surface area contributed by atoms with Gasteiger partial charge in [-0.3, -0.25) is 61.0 Å². The van der Waals surface area contributed by atoms with Crippen molar-refractivity contribution in [3.63, 3.8) is 0 Å². The number of carbonyl (C=O) groups is 3. The van der Waals surface area contributed by atoms with Crippen molar-refractivity contribution < 1.29 is 23.9 Å². The summed E-state index contributed by atoms with van der Waals surface area (Å²) in [5, 5.41) is 19.6. The Labute approximate surface area is 733 Å². The first-order valence-electron chi connectivity index (χ1n) is 42.3. The molecule has 644 valence electrons. The van der Waals surface area contributed by atoms with Crippen molar-refractivity contribution in [2.75, 3.05) is 87.5 Å². The number of aromatic amines is 4. The second kappa shape index (κ2) is 39.7. The minimum atomic E-state index is -0.158. The van der Waals surface area contributed by atoms with Crippen LogP contribution in [-0.2, 0) is 27.2 Å². The first kappa shape index (κ1) is 84.3. The molecule has 20 rings (SSSR count). The van der Waals surface area contributed by atoms with E-state index in [1.54, 1.807) is 105 Å².